The van der Waals surface area contributed by atoms with Crippen molar-refractivity contribution in [1.29, 1.82) is 0 Å². The van der Waals surface area contributed by atoms with Crippen molar-refractivity contribution in [2.45, 2.75) is 26.3 Å². The SMILES string of the molecule is CC(C)CC(=O)NCC(c1ccccc1Cl)N1CCOCC1.Cl. The van der Waals surface area contributed by atoms with Gasteiger partial charge in [0, 0.05) is 31.1 Å². The van der Waals surface area contributed by atoms with Gasteiger partial charge in [0.2, 0.25) is 5.91 Å². The number of benzene rings is 1. The van der Waals surface area contributed by atoms with Crippen LogP contribution in [0.3, 0.4) is 0 Å². The Labute approximate surface area is 149 Å². The van der Waals surface area contributed by atoms with Crippen LogP contribution in [0.25, 0.3) is 0 Å². The Balaban J connectivity index is 0.00000264. The molecule has 1 unspecified atom stereocenters. The number of rotatable bonds is 6. The van der Waals surface area contributed by atoms with Crippen molar-refractivity contribution >= 4 is 29.9 Å². The van der Waals surface area contributed by atoms with E-state index in [1.54, 1.807) is 0 Å². The zero-order valence-corrected chi connectivity index (χ0v) is 15.3. The first-order valence-electron chi connectivity index (χ1n) is 7.91. The van der Waals surface area contributed by atoms with Gasteiger partial charge in [0.05, 0.1) is 19.3 Å². The minimum Gasteiger partial charge on any atom is -0.379 e. The number of halogens is 2. The molecule has 1 atom stereocenters. The molecule has 1 fully saturated rings. The van der Waals surface area contributed by atoms with Crippen LogP contribution in [-0.2, 0) is 9.53 Å². The molecule has 1 aliphatic rings. The number of carbonyl (C=O) groups is 1. The number of nitrogens with zero attached hydrogens (tertiary/aromatic N) is 1. The fourth-order valence-electron chi connectivity index (χ4n) is 2.72. The molecule has 0 aliphatic carbocycles. The first-order valence-corrected chi connectivity index (χ1v) is 8.28. The lowest BCUT2D eigenvalue weighted by Crippen LogP contribution is -2.44. The molecule has 0 aromatic heterocycles. The smallest absolute Gasteiger partial charge is 0.220 e. The first-order chi connectivity index (χ1) is 10.6. The molecule has 0 saturated carbocycles. The maximum absolute atomic E-state index is 12.0. The summed E-state index contributed by atoms with van der Waals surface area (Å²) >= 11 is 6.37. The van der Waals surface area contributed by atoms with Crippen LogP contribution in [0.15, 0.2) is 24.3 Å². The zero-order chi connectivity index (χ0) is 15.9. The fraction of sp³-hybridized carbons (Fsp3) is 0.588. The number of hydrogen-bond donors (Lipinski definition) is 1. The Morgan fingerprint density at radius 2 is 1.96 bits per heavy atom. The molecule has 1 heterocycles. The molecule has 130 valence electrons. The van der Waals surface area contributed by atoms with E-state index in [0.717, 1.165) is 36.9 Å². The van der Waals surface area contributed by atoms with Gasteiger partial charge in [-0.2, -0.15) is 0 Å². The maximum atomic E-state index is 12.0. The number of nitrogens with one attached hydrogen (secondary N) is 1. The zero-order valence-electron chi connectivity index (χ0n) is 13.8. The summed E-state index contributed by atoms with van der Waals surface area (Å²) in [5, 5.41) is 3.80. The summed E-state index contributed by atoms with van der Waals surface area (Å²) in [5.74, 6) is 0.461. The van der Waals surface area contributed by atoms with Crippen molar-refractivity contribution < 1.29 is 9.53 Å². The van der Waals surface area contributed by atoms with Gasteiger partial charge in [-0.15, -0.1) is 12.4 Å². The topological polar surface area (TPSA) is 41.6 Å². The molecule has 1 aromatic rings. The molecule has 1 saturated heterocycles. The summed E-state index contributed by atoms with van der Waals surface area (Å²) in [6.45, 7) is 7.84. The van der Waals surface area contributed by atoms with Crippen LogP contribution in [0.4, 0.5) is 0 Å². The third-order valence-electron chi connectivity index (χ3n) is 3.84. The molecular formula is C17H26Cl2N2O2. The van der Waals surface area contributed by atoms with E-state index in [2.05, 4.69) is 10.2 Å². The molecule has 1 aliphatic heterocycles. The lowest BCUT2D eigenvalue weighted by atomic mass is 10.0. The predicted octanol–water partition coefficient (Wildman–Crippen LogP) is 3.30. The van der Waals surface area contributed by atoms with Gasteiger partial charge in [-0.1, -0.05) is 43.6 Å². The lowest BCUT2D eigenvalue weighted by molar-refractivity contribution is -0.122. The molecule has 23 heavy (non-hydrogen) atoms. The summed E-state index contributed by atoms with van der Waals surface area (Å²) in [4.78, 5) is 14.3. The normalized spacial score (nSPS) is 16.7. The third kappa shape index (κ3) is 6.30. The minimum absolute atomic E-state index is 0. The minimum atomic E-state index is 0. The van der Waals surface area contributed by atoms with Crippen LogP contribution < -0.4 is 5.32 Å². The molecule has 1 N–H and O–H groups in total. The molecule has 1 aromatic carbocycles. The summed E-state index contributed by atoms with van der Waals surface area (Å²) in [6, 6.07) is 7.95. The number of morpholine rings is 1. The first kappa shape index (κ1) is 20.2. The molecule has 6 heteroatoms. The second-order valence-corrected chi connectivity index (χ2v) is 6.49. The number of hydrogen-bond acceptors (Lipinski definition) is 3. The highest BCUT2D eigenvalue weighted by Gasteiger charge is 2.24. The highest BCUT2D eigenvalue weighted by atomic mass is 35.5. The van der Waals surface area contributed by atoms with E-state index < -0.39 is 0 Å². The van der Waals surface area contributed by atoms with Crippen LogP contribution in [0, 0.1) is 5.92 Å². The summed E-state index contributed by atoms with van der Waals surface area (Å²) in [5.41, 5.74) is 1.07. The van der Waals surface area contributed by atoms with Gasteiger partial charge in [0.25, 0.3) is 0 Å². The van der Waals surface area contributed by atoms with Crippen molar-refractivity contribution in [1.82, 2.24) is 10.2 Å². The third-order valence-corrected chi connectivity index (χ3v) is 4.18. The maximum Gasteiger partial charge on any atom is 0.220 e. The molecule has 0 bridgehead atoms. The highest BCUT2D eigenvalue weighted by Crippen LogP contribution is 2.27. The van der Waals surface area contributed by atoms with Crippen LogP contribution in [0.1, 0.15) is 31.9 Å². The Morgan fingerprint density at radius 3 is 2.57 bits per heavy atom. The molecule has 0 radical (unpaired) electrons. The number of amides is 1. The summed E-state index contributed by atoms with van der Waals surface area (Å²) < 4.78 is 5.43. The van der Waals surface area contributed by atoms with Crippen molar-refractivity contribution in [2.24, 2.45) is 5.92 Å². The van der Waals surface area contributed by atoms with Gasteiger partial charge in [-0.05, 0) is 17.5 Å². The van der Waals surface area contributed by atoms with Gasteiger partial charge in [-0.25, -0.2) is 0 Å². The van der Waals surface area contributed by atoms with Gasteiger partial charge >= 0.3 is 0 Å². The van der Waals surface area contributed by atoms with Crippen LogP contribution in [0.2, 0.25) is 5.02 Å². The summed E-state index contributed by atoms with van der Waals surface area (Å²) in [7, 11) is 0. The van der Waals surface area contributed by atoms with Gasteiger partial charge in [0.15, 0.2) is 0 Å². The molecule has 1 amide bonds. The van der Waals surface area contributed by atoms with E-state index in [-0.39, 0.29) is 24.4 Å². The van der Waals surface area contributed by atoms with E-state index in [1.165, 1.54) is 0 Å². The second-order valence-electron chi connectivity index (χ2n) is 6.09. The van der Waals surface area contributed by atoms with Crippen molar-refractivity contribution in [2.75, 3.05) is 32.8 Å². The van der Waals surface area contributed by atoms with E-state index in [0.29, 0.717) is 18.9 Å². The average molecular weight is 361 g/mol. The Kier molecular flexibility index (Phi) is 8.92. The van der Waals surface area contributed by atoms with Crippen LogP contribution in [0.5, 0.6) is 0 Å². The molecule has 2 rings (SSSR count). The fourth-order valence-corrected chi connectivity index (χ4v) is 2.99. The lowest BCUT2D eigenvalue weighted by Gasteiger charge is -2.35. The highest BCUT2D eigenvalue weighted by molar-refractivity contribution is 6.31. The number of carbonyl (C=O) groups excluding carboxylic acids is 1. The van der Waals surface area contributed by atoms with Crippen LogP contribution >= 0.6 is 24.0 Å². The van der Waals surface area contributed by atoms with Crippen LogP contribution in [-0.4, -0.2) is 43.7 Å². The Hall–Kier alpha value is -0.810. The standard InChI is InChI=1S/C17H25ClN2O2.ClH/c1-13(2)11-17(21)19-12-16(20-7-9-22-10-8-20)14-5-3-4-6-15(14)18;/h3-6,13,16H,7-12H2,1-2H3,(H,19,21);1H. The monoisotopic (exact) mass is 360 g/mol. The number of ether oxygens (including phenoxy) is 1. The largest absolute Gasteiger partial charge is 0.379 e. The van der Waals surface area contributed by atoms with Gasteiger partial charge in [0.1, 0.15) is 0 Å². The van der Waals surface area contributed by atoms with E-state index >= 15 is 0 Å². The van der Waals surface area contributed by atoms with E-state index in [9.17, 15) is 4.79 Å². The quantitative estimate of drug-likeness (QED) is 0.845. The second kappa shape index (κ2) is 10.1. The predicted molar refractivity (Wildman–Crippen MR) is 96.3 cm³/mol. The molecule has 0 spiro atoms. The van der Waals surface area contributed by atoms with E-state index in [4.69, 9.17) is 16.3 Å². The van der Waals surface area contributed by atoms with Crippen molar-refractivity contribution in [3.05, 3.63) is 34.9 Å². The van der Waals surface area contributed by atoms with Gasteiger partial charge < -0.3 is 10.1 Å². The molecule has 4 nitrogen and oxygen atoms in total. The van der Waals surface area contributed by atoms with Crippen molar-refractivity contribution in [3.63, 3.8) is 0 Å². The van der Waals surface area contributed by atoms with Crippen molar-refractivity contribution in [3.8, 4) is 0 Å². The summed E-state index contributed by atoms with van der Waals surface area (Å²) in [6.07, 6.45) is 0.554. The molecular weight excluding hydrogens is 335 g/mol. The average Bonchev–Trinajstić information content (AvgIpc) is 2.49. The van der Waals surface area contributed by atoms with E-state index in [1.807, 2.05) is 38.1 Å². The Bertz CT molecular complexity index is 491. The van der Waals surface area contributed by atoms with Gasteiger partial charge in [-0.3, -0.25) is 9.69 Å². The Morgan fingerprint density at radius 1 is 1.30 bits per heavy atom.